The summed E-state index contributed by atoms with van der Waals surface area (Å²) in [5, 5.41) is 0. The van der Waals surface area contributed by atoms with Crippen LogP contribution in [-0.4, -0.2) is 38.3 Å². The maximum Gasteiger partial charge on any atom is 0.119 e. The number of hydrogen-bond acceptors (Lipinski definition) is 3. The minimum Gasteiger partial charge on any atom is -0.497 e. The van der Waals surface area contributed by atoms with E-state index in [-0.39, 0.29) is 0 Å². The first-order valence-corrected chi connectivity index (χ1v) is 7.81. The van der Waals surface area contributed by atoms with E-state index < -0.39 is 0 Å². The van der Waals surface area contributed by atoms with Crippen molar-refractivity contribution in [2.45, 2.75) is 32.6 Å². The fourth-order valence-electron chi connectivity index (χ4n) is 2.43. The molecule has 0 atom stereocenters. The number of hydrogen-bond donors (Lipinski definition) is 0. The van der Waals surface area contributed by atoms with Crippen LogP contribution < -0.4 is 9.47 Å². The lowest BCUT2D eigenvalue weighted by Crippen LogP contribution is -2.29. The first-order chi connectivity index (χ1) is 9.81. The van der Waals surface area contributed by atoms with Crippen LogP contribution in [0.2, 0.25) is 0 Å². The third-order valence-corrected chi connectivity index (χ3v) is 3.70. The van der Waals surface area contributed by atoms with Gasteiger partial charge in [0, 0.05) is 13.1 Å². The van der Waals surface area contributed by atoms with Crippen molar-refractivity contribution in [3.63, 3.8) is 0 Å². The highest BCUT2D eigenvalue weighted by atomic mass is 16.5. The Morgan fingerprint density at radius 2 is 1.80 bits per heavy atom. The summed E-state index contributed by atoms with van der Waals surface area (Å²) in [5.41, 5.74) is 0. The number of ether oxygens (including phenoxy) is 2. The Morgan fingerprint density at radius 3 is 2.40 bits per heavy atom. The molecule has 0 unspecified atom stereocenters. The van der Waals surface area contributed by atoms with Crippen molar-refractivity contribution in [2.24, 2.45) is 5.92 Å². The van der Waals surface area contributed by atoms with Crippen LogP contribution in [-0.2, 0) is 0 Å². The average molecular weight is 277 g/mol. The Hall–Kier alpha value is -1.22. The molecule has 0 heterocycles. The van der Waals surface area contributed by atoms with Gasteiger partial charge in [0.15, 0.2) is 0 Å². The molecule has 0 radical (unpaired) electrons. The third kappa shape index (κ3) is 5.41. The van der Waals surface area contributed by atoms with Gasteiger partial charge in [0.25, 0.3) is 0 Å². The smallest absolute Gasteiger partial charge is 0.119 e. The Balaban J connectivity index is 1.63. The molecule has 0 bridgehead atoms. The van der Waals surface area contributed by atoms with Crippen molar-refractivity contribution in [2.75, 3.05) is 33.4 Å². The Kier molecular flexibility index (Phi) is 6.19. The second-order valence-electron chi connectivity index (χ2n) is 5.62. The molecule has 2 rings (SSSR count). The second kappa shape index (κ2) is 8.15. The van der Waals surface area contributed by atoms with Gasteiger partial charge in [0.2, 0.25) is 0 Å². The van der Waals surface area contributed by atoms with Crippen molar-refractivity contribution >= 4 is 0 Å². The molecule has 3 nitrogen and oxygen atoms in total. The molecule has 0 spiro atoms. The monoisotopic (exact) mass is 277 g/mol. The summed E-state index contributed by atoms with van der Waals surface area (Å²) >= 11 is 0. The Bertz CT molecular complexity index is 373. The van der Waals surface area contributed by atoms with Gasteiger partial charge in [0.05, 0.1) is 13.7 Å². The minimum atomic E-state index is 0.789. The average Bonchev–Trinajstić information content (AvgIpc) is 3.28. The summed E-state index contributed by atoms with van der Waals surface area (Å²) in [6.45, 7) is 6.71. The zero-order valence-corrected chi connectivity index (χ0v) is 12.8. The molecule has 0 saturated heterocycles. The van der Waals surface area contributed by atoms with E-state index in [0.29, 0.717) is 0 Å². The molecule has 1 aromatic rings. The highest BCUT2D eigenvalue weighted by molar-refractivity contribution is 5.31. The van der Waals surface area contributed by atoms with Crippen molar-refractivity contribution in [1.82, 2.24) is 4.90 Å². The SMILES string of the molecule is CCCN(CCCOc1ccc(OC)cc1)CC1CC1. The number of benzene rings is 1. The van der Waals surface area contributed by atoms with E-state index in [9.17, 15) is 0 Å². The third-order valence-electron chi connectivity index (χ3n) is 3.70. The van der Waals surface area contributed by atoms with Crippen LogP contribution in [0.15, 0.2) is 24.3 Å². The normalized spacial score (nSPS) is 14.6. The molecule has 0 aliphatic heterocycles. The van der Waals surface area contributed by atoms with Crippen LogP contribution in [0.3, 0.4) is 0 Å². The molecule has 1 aliphatic carbocycles. The predicted octanol–water partition coefficient (Wildman–Crippen LogP) is 3.59. The van der Waals surface area contributed by atoms with E-state index in [2.05, 4.69) is 11.8 Å². The van der Waals surface area contributed by atoms with E-state index in [1.54, 1.807) is 7.11 Å². The van der Waals surface area contributed by atoms with Gasteiger partial charge in [-0.2, -0.15) is 0 Å². The number of methoxy groups -OCH3 is 1. The maximum absolute atomic E-state index is 5.77. The van der Waals surface area contributed by atoms with Gasteiger partial charge in [-0.3, -0.25) is 0 Å². The molecular formula is C17H27NO2. The van der Waals surface area contributed by atoms with Crippen LogP contribution in [0.4, 0.5) is 0 Å². The van der Waals surface area contributed by atoms with Gasteiger partial charge in [-0.05, 0) is 62.4 Å². The van der Waals surface area contributed by atoms with Gasteiger partial charge in [-0.15, -0.1) is 0 Å². The topological polar surface area (TPSA) is 21.7 Å². The summed E-state index contributed by atoms with van der Waals surface area (Å²) in [6, 6.07) is 7.80. The van der Waals surface area contributed by atoms with Gasteiger partial charge < -0.3 is 14.4 Å². The molecule has 1 fully saturated rings. The van der Waals surface area contributed by atoms with E-state index in [4.69, 9.17) is 9.47 Å². The summed E-state index contributed by atoms with van der Waals surface area (Å²) in [6.07, 6.45) is 5.20. The summed E-state index contributed by atoms with van der Waals surface area (Å²) in [4.78, 5) is 2.59. The van der Waals surface area contributed by atoms with Gasteiger partial charge >= 0.3 is 0 Å². The lowest BCUT2D eigenvalue weighted by Gasteiger charge is -2.21. The number of rotatable bonds is 10. The molecule has 1 aliphatic rings. The lowest BCUT2D eigenvalue weighted by atomic mass is 10.3. The van der Waals surface area contributed by atoms with E-state index in [0.717, 1.165) is 37.0 Å². The second-order valence-corrected chi connectivity index (χ2v) is 5.62. The standard InChI is InChI=1S/C17H27NO2/c1-3-11-18(14-15-5-6-15)12-4-13-20-17-9-7-16(19-2)8-10-17/h7-10,15H,3-6,11-14H2,1-2H3. The first-order valence-electron chi connectivity index (χ1n) is 7.81. The Labute approximate surface area is 122 Å². The molecule has 0 N–H and O–H groups in total. The zero-order valence-electron chi connectivity index (χ0n) is 12.8. The van der Waals surface area contributed by atoms with Crippen molar-refractivity contribution < 1.29 is 9.47 Å². The fraction of sp³-hybridized carbons (Fsp3) is 0.647. The molecule has 112 valence electrons. The zero-order chi connectivity index (χ0) is 14.2. The van der Waals surface area contributed by atoms with Gasteiger partial charge in [0.1, 0.15) is 11.5 Å². The predicted molar refractivity (Wildman–Crippen MR) is 82.6 cm³/mol. The summed E-state index contributed by atoms with van der Waals surface area (Å²) < 4.78 is 10.9. The molecule has 0 aromatic heterocycles. The van der Waals surface area contributed by atoms with Crippen molar-refractivity contribution in [3.8, 4) is 11.5 Å². The first kappa shape index (κ1) is 15.2. The Morgan fingerprint density at radius 1 is 1.10 bits per heavy atom. The largest absolute Gasteiger partial charge is 0.497 e. The van der Waals surface area contributed by atoms with Crippen LogP contribution in [0, 0.1) is 5.92 Å². The highest BCUT2D eigenvalue weighted by Crippen LogP contribution is 2.29. The molecular weight excluding hydrogens is 250 g/mol. The molecule has 3 heteroatoms. The van der Waals surface area contributed by atoms with Crippen LogP contribution in [0.5, 0.6) is 11.5 Å². The van der Waals surface area contributed by atoms with Crippen LogP contribution in [0.25, 0.3) is 0 Å². The van der Waals surface area contributed by atoms with Crippen molar-refractivity contribution in [3.05, 3.63) is 24.3 Å². The van der Waals surface area contributed by atoms with E-state index >= 15 is 0 Å². The molecule has 1 aromatic carbocycles. The van der Waals surface area contributed by atoms with Gasteiger partial charge in [-0.1, -0.05) is 6.92 Å². The molecule has 20 heavy (non-hydrogen) atoms. The number of nitrogens with zero attached hydrogens (tertiary/aromatic N) is 1. The van der Waals surface area contributed by atoms with Crippen LogP contribution >= 0.6 is 0 Å². The molecule has 0 amide bonds. The van der Waals surface area contributed by atoms with E-state index in [1.165, 1.54) is 32.4 Å². The van der Waals surface area contributed by atoms with E-state index in [1.807, 2.05) is 24.3 Å². The summed E-state index contributed by atoms with van der Waals surface area (Å²) in [5.74, 6) is 2.77. The van der Waals surface area contributed by atoms with Gasteiger partial charge in [-0.25, -0.2) is 0 Å². The molecule has 1 saturated carbocycles. The fourth-order valence-corrected chi connectivity index (χ4v) is 2.43. The highest BCUT2D eigenvalue weighted by Gasteiger charge is 2.23. The van der Waals surface area contributed by atoms with Crippen LogP contribution in [0.1, 0.15) is 32.6 Å². The minimum absolute atomic E-state index is 0.789. The maximum atomic E-state index is 5.77. The van der Waals surface area contributed by atoms with Crippen molar-refractivity contribution in [1.29, 1.82) is 0 Å². The summed E-state index contributed by atoms with van der Waals surface area (Å²) in [7, 11) is 1.68. The quantitative estimate of drug-likeness (QED) is 0.610. The lowest BCUT2D eigenvalue weighted by molar-refractivity contribution is 0.227.